The maximum Gasteiger partial charge on any atom is 0.254 e. The molecule has 2 N–H and O–H groups in total. The first kappa shape index (κ1) is 18.2. The van der Waals surface area contributed by atoms with Crippen molar-refractivity contribution >= 4 is 16.8 Å². The molecule has 1 unspecified atom stereocenters. The molecule has 0 bridgehead atoms. The van der Waals surface area contributed by atoms with Crippen LogP contribution >= 0.6 is 0 Å². The number of fused-ring (bicyclic) bond motifs is 3. The minimum absolute atomic E-state index is 0.132. The summed E-state index contributed by atoms with van der Waals surface area (Å²) in [4.78, 5) is 18.5. The Labute approximate surface area is 166 Å². The SMILES string of the molecule is O=C(c1ccc2[nH]c3c(c2c1)CCCC3NC1CCCCC1)N1CCOCC1. The molecule has 2 fully saturated rings. The molecular weight excluding hydrogens is 350 g/mol. The molecule has 1 saturated carbocycles. The van der Waals surface area contributed by atoms with E-state index in [-0.39, 0.29) is 5.91 Å². The number of morpholine rings is 1. The number of amides is 1. The molecule has 1 saturated heterocycles. The quantitative estimate of drug-likeness (QED) is 0.847. The van der Waals surface area contributed by atoms with Crippen molar-refractivity contribution < 1.29 is 9.53 Å². The average Bonchev–Trinajstić information content (AvgIpc) is 3.14. The third-order valence-corrected chi connectivity index (χ3v) is 6.79. The molecule has 5 nitrogen and oxygen atoms in total. The molecule has 1 aliphatic heterocycles. The summed E-state index contributed by atoms with van der Waals surface area (Å²) in [5.74, 6) is 0.132. The zero-order valence-corrected chi connectivity index (χ0v) is 16.6. The smallest absolute Gasteiger partial charge is 0.254 e. The lowest BCUT2D eigenvalue weighted by atomic mass is 9.89. The highest BCUT2D eigenvalue weighted by molar-refractivity contribution is 5.99. The zero-order valence-electron chi connectivity index (χ0n) is 16.6. The molecule has 5 heteroatoms. The molecule has 2 aromatic rings. The van der Waals surface area contributed by atoms with E-state index in [1.54, 1.807) is 0 Å². The van der Waals surface area contributed by atoms with Gasteiger partial charge >= 0.3 is 0 Å². The van der Waals surface area contributed by atoms with Gasteiger partial charge in [-0.25, -0.2) is 0 Å². The van der Waals surface area contributed by atoms with Crippen LogP contribution in [0.3, 0.4) is 0 Å². The highest BCUT2D eigenvalue weighted by Crippen LogP contribution is 2.36. The van der Waals surface area contributed by atoms with Crippen molar-refractivity contribution in [2.75, 3.05) is 26.3 Å². The molecular formula is C23H31N3O2. The molecule has 2 aliphatic carbocycles. The van der Waals surface area contributed by atoms with Gasteiger partial charge < -0.3 is 19.9 Å². The first-order valence-corrected chi connectivity index (χ1v) is 11.1. The summed E-state index contributed by atoms with van der Waals surface area (Å²) in [6, 6.07) is 7.28. The fraction of sp³-hybridized carbons (Fsp3) is 0.609. The molecule has 1 aromatic heterocycles. The monoisotopic (exact) mass is 381 g/mol. The number of benzene rings is 1. The first-order valence-electron chi connectivity index (χ1n) is 11.1. The fourth-order valence-corrected chi connectivity index (χ4v) is 5.27. The number of nitrogens with one attached hydrogen (secondary N) is 2. The van der Waals surface area contributed by atoms with Crippen LogP contribution in [0.15, 0.2) is 18.2 Å². The van der Waals surface area contributed by atoms with E-state index >= 15 is 0 Å². The van der Waals surface area contributed by atoms with Crippen LogP contribution in [0.1, 0.15) is 72.6 Å². The molecule has 5 rings (SSSR count). The number of aromatic amines is 1. The second kappa shape index (κ2) is 7.88. The Kier molecular flexibility index (Phi) is 5.12. The predicted molar refractivity (Wildman–Crippen MR) is 111 cm³/mol. The van der Waals surface area contributed by atoms with Gasteiger partial charge in [-0.2, -0.15) is 0 Å². The highest BCUT2D eigenvalue weighted by atomic mass is 16.5. The number of ether oxygens (including phenoxy) is 1. The summed E-state index contributed by atoms with van der Waals surface area (Å²) in [5, 5.41) is 5.18. The summed E-state index contributed by atoms with van der Waals surface area (Å²) >= 11 is 0. The lowest BCUT2D eigenvalue weighted by Crippen LogP contribution is -2.40. The van der Waals surface area contributed by atoms with E-state index in [1.807, 2.05) is 11.0 Å². The van der Waals surface area contributed by atoms with Gasteiger partial charge in [-0.15, -0.1) is 0 Å². The third-order valence-electron chi connectivity index (χ3n) is 6.79. The largest absolute Gasteiger partial charge is 0.378 e. The molecule has 2 heterocycles. The summed E-state index contributed by atoms with van der Waals surface area (Å²) < 4.78 is 5.39. The topological polar surface area (TPSA) is 57.4 Å². The molecule has 0 radical (unpaired) electrons. The van der Waals surface area contributed by atoms with Crippen molar-refractivity contribution in [3.63, 3.8) is 0 Å². The van der Waals surface area contributed by atoms with Crippen LogP contribution < -0.4 is 5.32 Å². The molecule has 1 atom stereocenters. The van der Waals surface area contributed by atoms with Crippen LogP contribution in [0, 0.1) is 0 Å². The van der Waals surface area contributed by atoms with Crippen molar-refractivity contribution in [3.05, 3.63) is 35.0 Å². The first-order chi connectivity index (χ1) is 13.8. The molecule has 150 valence electrons. The van der Waals surface area contributed by atoms with E-state index in [0.717, 1.165) is 12.0 Å². The van der Waals surface area contributed by atoms with Gasteiger partial charge in [-0.1, -0.05) is 19.3 Å². The van der Waals surface area contributed by atoms with Crippen molar-refractivity contribution in [2.24, 2.45) is 0 Å². The van der Waals surface area contributed by atoms with Crippen molar-refractivity contribution in [1.29, 1.82) is 0 Å². The van der Waals surface area contributed by atoms with Gasteiger partial charge in [0.1, 0.15) is 0 Å². The molecule has 1 amide bonds. The van der Waals surface area contributed by atoms with Gasteiger partial charge in [0.05, 0.1) is 13.2 Å². The van der Waals surface area contributed by atoms with Gasteiger partial charge in [0.2, 0.25) is 0 Å². The Hall–Kier alpha value is -1.85. The van der Waals surface area contributed by atoms with Crippen LogP contribution in [0.5, 0.6) is 0 Å². The number of carbonyl (C=O) groups is 1. The number of aryl methyl sites for hydroxylation is 1. The van der Waals surface area contributed by atoms with Crippen molar-refractivity contribution in [3.8, 4) is 0 Å². The van der Waals surface area contributed by atoms with E-state index < -0.39 is 0 Å². The number of hydrogen-bond donors (Lipinski definition) is 2. The van der Waals surface area contributed by atoms with Gasteiger partial charge in [-0.3, -0.25) is 4.79 Å². The number of carbonyl (C=O) groups excluding carboxylic acids is 1. The Bertz CT molecular complexity index is 847. The summed E-state index contributed by atoms with van der Waals surface area (Å²) in [7, 11) is 0. The fourth-order valence-electron chi connectivity index (χ4n) is 5.27. The summed E-state index contributed by atoms with van der Waals surface area (Å²) in [5.41, 5.74) is 4.76. The van der Waals surface area contributed by atoms with E-state index in [4.69, 9.17) is 4.74 Å². The van der Waals surface area contributed by atoms with Crippen LogP contribution in [-0.2, 0) is 11.2 Å². The maximum atomic E-state index is 12.9. The average molecular weight is 382 g/mol. The van der Waals surface area contributed by atoms with Crippen molar-refractivity contribution in [2.45, 2.75) is 63.5 Å². The van der Waals surface area contributed by atoms with E-state index in [1.165, 1.54) is 67.1 Å². The molecule has 28 heavy (non-hydrogen) atoms. The Morgan fingerprint density at radius 2 is 1.89 bits per heavy atom. The molecule has 0 spiro atoms. The lowest BCUT2D eigenvalue weighted by Gasteiger charge is -2.31. The van der Waals surface area contributed by atoms with Gasteiger partial charge in [-0.05, 0) is 55.9 Å². The standard InChI is InChI=1S/C23H31N3O2/c27-23(26-11-13-28-14-12-26)16-9-10-20-19(15-16)18-7-4-8-21(22(18)25-20)24-17-5-2-1-3-6-17/h9-10,15,17,21,24-25H,1-8,11-14H2. The van der Waals surface area contributed by atoms with Gasteiger partial charge in [0, 0.05) is 47.3 Å². The second-order valence-electron chi connectivity index (χ2n) is 8.63. The number of rotatable bonds is 3. The summed E-state index contributed by atoms with van der Waals surface area (Å²) in [6.45, 7) is 2.66. The number of aromatic nitrogens is 1. The lowest BCUT2D eigenvalue weighted by molar-refractivity contribution is 0.0303. The van der Waals surface area contributed by atoms with Gasteiger partial charge in [0.25, 0.3) is 5.91 Å². The Balaban J connectivity index is 1.42. The van der Waals surface area contributed by atoms with E-state index in [0.29, 0.717) is 38.4 Å². The van der Waals surface area contributed by atoms with Crippen LogP contribution in [0.4, 0.5) is 0 Å². The molecule has 3 aliphatic rings. The normalized spacial score (nSPS) is 23.7. The van der Waals surface area contributed by atoms with E-state index in [9.17, 15) is 4.79 Å². The second-order valence-corrected chi connectivity index (χ2v) is 8.63. The highest BCUT2D eigenvalue weighted by Gasteiger charge is 2.27. The molecule has 1 aromatic carbocycles. The zero-order chi connectivity index (χ0) is 18.9. The number of H-pyrrole nitrogens is 1. The summed E-state index contributed by atoms with van der Waals surface area (Å²) in [6.07, 6.45) is 10.2. The minimum Gasteiger partial charge on any atom is -0.378 e. The number of hydrogen-bond acceptors (Lipinski definition) is 3. The Morgan fingerprint density at radius 3 is 2.71 bits per heavy atom. The minimum atomic E-state index is 0.132. The van der Waals surface area contributed by atoms with Crippen LogP contribution in [0.2, 0.25) is 0 Å². The third kappa shape index (κ3) is 3.46. The van der Waals surface area contributed by atoms with Crippen LogP contribution in [0.25, 0.3) is 10.9 Å². The number of nitrogens with zero attached hydrogens (tertiary/aromatic N) is 1. The Morgan fingerprint density at radius 1 is 1.07 bits per heavy atom. The van der Waals surface area contributed by atoms with Gasteiger partial charge in [0.15, 0.2) is 0 Å². The predicted octanol–water partition coefficient (Wildman–Crippen LogP) is 3.94. The van der Waals surface area contributed by atoms with Crippen LogP contribution in [-0.4, -0.2) is 48.1 Å². The maximum absolute atomic E-state index is 12.9. The van der Waals surface area contributed by atoms with Crippen molar-refractivity contribution in [1.82, 2.24) is 15.2 Å². The van der Waals surface area contributed by atoms with E-state index in [2.05, 4.69) is 22.4 Å².